The first-order chi connectivity index (χ1) is 28.6. The van der Waals surface area contributed by atoms with E-state index < -0.39 is 97.0 Å². The topological polar surface area (TPSA) is 226 Å². The average Bonchev–Trinajstić information content (AvgIpc) is 3.19. The lowest BCUT2D eigenvalue weighted by atomic mass is 9.77. The van der Waals surface area contributed by atoms with Crippen molar-refractivity contribution in [2.45, 2.75) is 168 Å². The van der Waals surface area contributed by atoms with Gasteiger partial charge in [0.25, 0.3) is 0 Å². The monoisotopic (exact) mass is 866 g/mol. The number of hydrogen-bond acceptors (Lipinski definition) is 14. The summed E-state index contributed by atoms with van der Waals surface area (Å²) in [6.07, 6.45) is 2.20. The summed E-state index contributed by atoms with van der Waals surface area (Å²) in [7, 11) is 2.81. The lowest BCUT2D eigenvalue weighted by Gasteiger charge is -2.49. The lowest BCUT2D eigenvalue weighted by Crippen LogP contribution is -2.59. The molecule has 3 rings (SSSR count). The van der Waals surface area contributed by atoms with Crippen molar-refractivity contribution in [3.05, 3.63) is 59.4 Å². The van der Waals surface area contributed by atoms with E-state index in [1.165, 1.54) is 20.3 Å². The third-order valence-corrected chi connectivity index (χ3v) is 12.8. The summed E-state index contributed by atoms with van der Waals surface area (Å²) in [5, 5.41) is 58.0. The van der Waals surface area contributed by atoms with Crippen LogP contribution in [0.4, 0.5) is 4.79 Å². The molecular formula is C46H75NO14. The second-order valence-electron chi connectivity index (χ2n) is 17.5. The number of methoxy groups -OCH3 is 2. The first-order valence-corrected chi connectivity index (χ1v) is 21.7. The molecule has 0 aromatic carbocycles. The Bertz CT molecular complexity index is 1570. The van der Waals surface area contributed by atoms with Gasteiger partial charge < -0.3 is 64.4 Å². The van der Waals surface area contributed by atoms with Crippen molar-refractivity contribution in [3.8, 4) is 0 Å². The fourth-order valence-corrected chi connectivity index (χ4v) is 8.94. The third kappa shape index (κ3) is 13.7. The van der Waals surface area contributed by atoms with Crippen LogP contribution in [0.3, 0.4) is 0 Å². The number of aliphatic hydroxyl groups is 5. The minimum Gasteiger partial charge on any atom is -0.490 e. The molecule has 348 valence electrons. The number of carbonyl (C=O) groups excluding carboxylic acids is 2. The van der Waals surface area contributed by atoms with Gasteiger partial charge in [-0.15, -0.1) is 0 Å². The maximum absolute atomic E-state index is 13.9. The number of esters is 1. The number of primary amides is 1. The second-order valence-corrected chi connectivity index (χ2v) is 17.5. The predicted octanol–water partition coefficient (Wildman–Crippen LogP) is 4.98. The van der Waals surface area contributed by atoms with Crippen molar-refractivity contribution in [3.63, 3.8) is 0 Å². The molecule has 2 fully saturated rings. The van der Waals surface area contributed by atoms with Gasteiger partial charge in [0.1, 0.15) is 12.2 Å². The van der Waals surface area contributed by atoms with Crippen LogP contribution in [-0.4, -0.2) is 125 Å². The molecule has 15 nitrogen and oxygen atoms in total. The van der Waals surface area contributed by atoms with Gasteiger partial charge >= 0.3 is 12.1 Å². The standard InChI is InChI=1S/C46H75NO14/c1-13-16-34-28(7)37(58-38-22-33(48)43(31(10)57-38)60-45(47)53)23-46(54,61-34)30(9)41(51)29(8)42-35(55-11)18-15-17-24(3)19-26(5)39(49)32(14-2)40(50)27(6)20-25(4)21-36(56-12)44(52)59-42/h13,15-18,20-21,26-35,37-43,48-51,54H,14,19,22-23H2,1-12H3,(H2,47,53)/b16-13+,18-15+,24-17+,25-20+,36-21-/t26-,27-,28-,29+,30+,31-,32+,33-,34-,35+,37-,38+,39-,40+,41-,42-,43-,46-/m1/s1. The Morgan fingerprint density at radius 2 is 1.77 bits per heavy atom. The van der Waals surface area contributed by atoms with Gasteiger partial charge in [-0.2, -0.15) is 0 Å². The molecule has 0 aromatic rings. The molecule has 0 unspecified atom stereocenters. The van der Waals surface area contributed by atoms with Gasteiger partial charge in [-0.25, -0.2) is 9.59 Å². The Hall–Kier alpha value is -3.12. The molecule has 1 amide bonds. The van der Waals surface area contributed by atoms with E-state index in [2.05, 4.69) is 0 Å². The van der Waals surface area contributed by atoms with Crippen molar-refractivity contribution in [2.24, 2.45) is 41.2 Å². The predicted molar refractivity (Wildman–Crippen MR) is 228 cm³/mol. The van der Waals surface area contributed by atoms with Gasteiger partial charge in [0.2, 0.25) is 5.76 Å². The molecular weight excluding hydrogens is 790 g/mol. The summed E-state index contributed by atoms with van der Waals surface area (Å²) in [5.74, 6) is -6.00. The first-order valence-electron chi connectivity index (χ1n) is 21.7. The van der Waals surface area contributed by atoms with Gasteiger partial charge in [0, 0.05) is 49.5 Å². The zero-order chi connectivity index (χ0) is 45.9. The molecule has 0 bridgehead atoms. The number of ether oxygens (including phenoxy) is 7. The minimum atomic E-state index is -1.97. The Morgan fingerprint density at radius 3 is 2.34 bits per heavy atom. The van der Waals surface area contributed by atoms with Crippen LogP contribution in [0, 0.1) is 35.5 Å². The zero-order valence-corrected chi connectivity index (χ0v) is 38.2. The van der Waals surface area contributed by atoms with Crippen LogP contribution in [0.5, 0.6) is 0 Å². The smallest absolute Gasteiger partial charge is 0.404 e. The highest BCUT2D eigenvalue weighted by Gasteiger charge is 2.52. The van der Waals surface area contributed by atoms with Crippen molar-refractivity contribution in [1.82, 2.24) is 0 Å². The highest BCUT2D eigenvalue weighted by molar-refractivity contribution is 5.87. The quantitative estimate of drug-likeness (QED) is 0.119. The van der Waals surface area contributed by atoms with Crippen LogP contribution in [0.15, 0.2) is 59.4 Å². The van der Waals surface area contributed by atoms with Crippen LogP contribution in [-0.2, 0) is 38.0 Å². The summed E-state index contributed by atoms with van der Waals surface area (Å²) >= 11 is 0. The van der Waals surface area contributed by atoms with E-state index in [0.29, 0.717) is 18.4 Å². The fraction of sp³-hybridized carbons (Fsp3) is 0.739. The molecule has 0 aromatic heterocycles. The molecule has 0 radical (unpaired) electrons. The highest BCUT2D eigenvalue weighted by Crippen LogP contribution is 2.42. The Kier molecular flexibility index (Phi) is 20.1. The maximum Gasteiger partial charge on any atom is 0.404 e. The first kappa shape index (κ1) is 52.2. The third-order valence-electron chi connectivity index (χ3n) is 12.8. The molecule has 3 aliphatic rings. The Balaban J connectivity index is 2.00. The molecule has 15 heteroatoms. The number of hydrogen-bond donors (Lipinski definition) is 6. The summed E-state index contributed by atoms with van der Waals surface area (Å²) < 4.78 is 41.4. The Labute approximate surface area is 362 Å². The molecule has 0 spiro atoms. The average molecular weight is 866 g/mol. The lowest BCUT2D eigenvalue weighted by molar-refractivity contribution is -0.338. The van der Waals surface area contributed by atoms with Crippen LogP contribution in [0.25, 0.3) is 0 Å². The molecule has 0 saturated carbocycles. The minimum absolute atomic E-state index is 0.0313. The summed E-state index contributed by atoms with van der Waals surface area (Å²) in [6, 6.07) is 0. The van der Waals surface area contributed by atoms with Crippen molar-refractivity contribution in [2.75, 3.05) is 14.2 Å². The highest BCUT2D eigenvalue weighted by atomic mass is 16.7. The fourth-order valence-electron chi connectivity index (χ4n) is 8.94. The van der Waals surface area contributed by atoms with Gasteiger partial charge in [-0.3, -0.25) is 0 Å². The molecule has 7 N–H and O–H groups in total. The number of allylic oxidation sites excluding steroid dienone is 6. The van der Waals surface area contributed by atoms with Crippen LogP contribution in [0.1, 0.15) is 94.9 Å². The van der Waals surface area contributed by atoms with Crippen LogP contribution >= 0.6 is 0 Å². The van der Waals surface area contributed by atoms with Crippen molar-refractivity contribution < 1.29 is 68.3 Å². The number of cyclic esters (lactones) is 1. The van der Waals surface area contributed by atoms with Gasteiger partial charge in [-0.1, -0.05) is 89.1 Å². The SMILES string of the molecule is C/C=C/[C@H]1O[C@@](O)([C@@H](C)[C@H](O)[C@H](C)[C@H]2OC(=O)/C(OC)=C/C(C)=C/[C@@H](C)[C@H](O)[C@@H](CC)[C@H](O)[C@H](C)C/C(C)=C/C=C/[C@@H]2OC)C[C@@H](O[C@H]2C[C@@H](O)[C@H](OC(N)=O)[C@@H](C)O2)[C@@H]1C. The number of rotatable bonds is 11. The maximum atomic E-state index is 13.9. The van der Waals surface area contributed by atoms with E-state index >= 15 is 0 Å². The van der Waals surface area contributed by atoms with Gasteiger partial charge in [-0.05, 0) is 52.5 Å². The second kappa shape index (κ2) is 23.5. The van der Waals surface area contributed by atoms with Gasteiger partial charge in [0.05, 0.1) is 49.8 Å². The molecule has 3 heterocycles. The van der Waals surface area contributed by atoms with E-state index in [0.717, 1.165) is 5.57 Å². The van der Waals surface area contributed by atoms with Crippen molar-refractivity contribution in [1.29, 1.82) is 0 Å². The number of carbonyl (C=O) groups is 2. The Morgan fingerprint density at radius 1 is 1.10 bits per heavy atom. The van der Waals surface area contributed by atoms with Gasteiger partial charge in [0.15, 0.2) is 18.2 Å². The summed E-state index contributed by atoms with van der Waals surface area (Å²) in [6.45, 7) is 18.2. The largest absolute Gasteiger partial charge is 0.490 e. The van der Waals surface area contributed by atoms with E-state index in [4.69, 9.17) is 38.9 Å². The molecule has 0 aliphatic carbocycles. The van der Waals surface area contributed by atoms with E-state index in [9.17, 15) is 35.1 Å². The van der Waals surface area contributed by atoms with Crippen LogP contribution in [0.2, 0.25) is 0 Å². The zero-order valence-electron chi connectivity index (χ0n) is 38.2. The van der Waals surface area contributed by atoms with E-state index in [-0.39, 0.29) is 42.3 Å². The number of amides is 1. The molecule has 2 saturated heterocycles. The van der Waals surface area contributed by atoms with Crippen LogP contribution < -0.4 is 5.73 Å². The number of nitrogens with two attached hydrogens (primary N) is 1. The summed E-state index contributed by atoms with van der Waals surface area (Å²) in [5.41, 5.74) is 6.78. The number of aliphatic hydroxyl groups excluding tert-OH is 4. The molecule has 3 aliphatic heterocycles. The normalized spacial score (nSPS) is 42.2. The van der Waals surface area contributed by atoms with Crippen molar-refractivity contribution >= 4 is 12.1 Å². The summed E-state index contributed by atoms with van der Waals surface area (Å²) in [4.78, 5) is 25.4. The molecule has 61 heavy (non-hydrogen) atoms. The molecule has 18 atom stereocenters. The van der Waals surface area contributed by atoms with E-state index in [1.54, 1.807) is 52.0 Å². The van der Waals surface area contributed by atoms with E-state index in [1.807, 2.05) is 53.7 Å².